The molecule has 3 rings (SSSR count). The number of nitrogens with one attached hydrogen (secondary N) is 1. The van der Waals surface area contributed by atoms with Crippen molar-refractivity contribution in [2.24, 2.45) is 0 Å². The summed E-state index contributed by atoms with van der Waals surface area (Å²) in [4.78, 5) is 12.5. The fourth-order valence-corrected chi connectivity index (χ4v) is 4.72. The monoisotopic (exact) mass is 406 g/mol. The van der Waals surface area contributed by atoms with E-state index in [0.717, 1.165) is 0 Å². The van der Waals surface area contributed by atoms with Crippen LogP contribution in [0.1, 0.15) is 29.8 Å². The number of carbonyl (C=O) groups is 1. The molecule has 1 saturated heterocycles. The maximum Gasteiger partial charge on any atom is 0.255 e. The molecule has 0 spiro atoms. The highest BCUT2D eigenvalue weighted by Crippen LogP contribution is 2.22. The third-order valence-corrected chi connectivity index (χ3v) is 6.42. The zero-order valence-electron chi connectivity index (χ0n) is 16.0. The van der Waals surface area contributed by atoms with Crippen LogP contribution in [0.4, 0.5) is 10.1 Å². The third kappa shape index (κ3) is 4.40. The lowest BCUT2D eigenvalue weighted by Gasteiger charge is -2.34. The topological polar surface area (TPSA) is 75.7 Å². The van der Waals surface area contributed by atoms with Crippen LogP contribution in [0.5, 0.6) is 0 Å². The molecule has 2 aromatic rings. The Balaban J connectivity index is 1.75. The van der Waals surface area contributed by atoms with Crippen molar-refractivity contribution < 1.29 is 22.3 Å². The molecule has 0 aliphatic carbocycles. The van der Waals surface area contributed by atoms with E-state index >= 15 is 0 Å². The summed E-state index contributed by atoms with van der Waals surface area (Å²) in [6, 6.07) is 10.1. The molecule has 0 aromatic heterocycles. The quantitative estimate of drug-likeness (QED) is 0.846. The van der Waals surface area contributed by atoms with E-state index in [1.807, 2.05) is 13.8 Å². The zero-order chi connectivity index (χ0) is 20.5. The van der Waals surface area contributed by atoms with Crippen molar-refractivity contribution in [1.29, 1.82) is 0 Å². The maximum absolute atomic E-state index is 13.6. The molecule has 1 amide bonds. The molecule has 2 atom stereocenters. The van der Waals surface area contributed by atoms with Crippen LogP contribution in [0.3, 0.4) is 0 Å². The first-order valence-electron chi connectivity index (χ1n) is 9.00. The van der Waals surface area contributed by atoms with E-state index in [-0.39, 0.29) is 35.8 Å². The molecule has 150 valence electrons. The van der Waals surface area contributed by atoms with Crippen LogP contribution in [0.25, 0.3) is 0 Å². The number of amides is 1. The van der Waals surface area contributed by atoms with Crippen molar-refractivity contribution in [3.8, 4) is 0 Å². The van der Waals surface area contributed by atoms with E-state index < -0.39 is 21.7 Å². The third-order valence-electron chi connectivity index (χ3n) is 4.57. The number of halogens is 1. The van der Waals surface area contributed by atoms with Gasteiger partial charge in [-0.05, 0) is 62.7 Å². The maximum atomic E-state index is 13.6. The van der Waals surface area contributed by atoms with Crippen molar-refractivity contribution in [2.45, 2.75) is 37.9 Å². The van der Waals surface area contributed by atoms with Gasteiger partial charge in [0.2, 0.25) is 10.0 Å². The molecule has 0 radical (unpaired) electrons. The summed E-state index contributed by atoms with van der Waals surface area (Å²) in [6.45, 7) is 5.87. The number of hydrogen-bond acceptors (Lipinski definition) is 4. The summed E-state index contributed by atoms with van der Waals surface area (Å²) in [7, 11) is -3.67. The Morgan fingerprint density at radius 2 is 1.71 bits per heavy atom. The smallest absolute Gasteiger partial charge is 0.255 e. The van der Waals surface area contributed by atoms with Crippen molar-refractivity contribution in [1.82, 2.24) is 4.31 Å². The highest BCUT2D eigenvalue weighted by molar-refractivity contribution is 7.89. The molecule has 6 nitrogen and oxygen atoms in total. The van der Waals surface area contributed by atoms with Gasteiger partial charge in [-0.1, -0.05) is 6.07 Å². The van der Waals surface area contributed by atoms with E-state index in [9.17, 15) is 17.6 Å². The number of sulfonamides is 1. The number of morpholine rings is 1. The first-order valence-corrected chi connectivity index (χ1v) is 10.4. The van der Waals surface area contributed by atoms with E-state index in [0.29, 0.717) is 11.3 Å². The molecular weight excluding hydrogens is 383 g/mol. The van der Waals surface area contributed by atoms with Crippen LogP contribution >= 0.6 is 0 Å². The summed E-state index contributed by atoms with van der Waals surface area (Å²) in [5, 5.41) is 2.60. The molecule has 28 heavy (non-hydrogen) atoms. The lowest BCUT2D eigenvalue weighted by atomic mass is 10.2. The molecule has 1 aliphatic rings. The Morgan fingerprint density at radius 1 is 1.11 bits per heavy atom. The highest BCUT2D eigenvalue weighted by Gasteiger charge is 2.32. The minimum absolute atomic E-state index is 0.117. The van der Waals surface area contributed by atoms with Crippen LogP contribution in [-0.2, 0) is 14.8 Å². The van der Waals surface area contributed by atoms with Gasteiger partial charge in [0.15, 0.2) is 0 Å². The molecule has 0 bridgehead atoms. The molecule has 1 fully saturated rings. The summed E-state index contributed by atoms with van der Waals surface area (Å²) in [5.74, 6) is -0.853. The molecule has 0 unspecified atom stereocenters. The van der Waals surface area contributed by atoms with Crippen LogP contribution in [-0.4, -0.2) is 43.9 Å². The molecule has 1 N–H and O–H groups in total. The van der Waals surface area contributed by atoms with Gasteiger partial charge < -0.3 is 10.1 Å². The standard InChI is InChI=1S/C20H23FN2O4S/c1-13-4-7-17(10-19(13)21)22-20(24)16-5-8-18(9-6-16)28(25,26)23-11-14(2)27-15(3)12-23/h4-10,14-15H,11-12H2,1-3H3,(H,22,24)/t14-,15-/m1/s1. The van der Waals surface area contributed by atoms with Crippen LogP contribution < -0.4 is 5.32 Å². The van der Waals surface area contributed by atoms with Gasteiger partial charge in [-0.3, -0.25) is 4.79 Å². The Kier molecular flexibility index (Phi) is 5.83. The fourth-order valence-electron chi connectivity index (χ4n) is 3.13. The Labute approximate surface area is 164 Å². The minimum Gasteiger partial charge on any atom is -0.373 e. The van der Waals surface area contributed by atoms with Gasteiger partial charge in [0.25, 0.3) is 5.91 Å². The molecular formula is C20H23FN2O4S. The number of rotatable bonds is 4. The SMILES string of the molecule is Cc1ccc(NC(=O)c2ccc(S(=O)(=O)N3C[C@@H](C)O[C@H](C)C3)cc2)cc1F. The summed E-state index contributed by atoms with van der Waals surface area (Å²) >= 11 is 0. The van der Waals surface area contributed by atoms with Gasteiger partial charge in [-0.25, -0.2) is 12.8 Å². The first kappa shape index (κ1) is 20.4. The number of hydrogen-bond donors (Lipinski definition) is 1. The number of anilines is 1. The largest absolute Gasteiger partial charge is 0.373 e. The van der Waals surface area contributed by atoms with Crippen molar-refractivity contribution in [3.05, 3.63) is 59.4 Å². The predicted octanol–water partition coefficient (Wildman–Crippen LogP) is 3.18. The lowest BCUT2D eigenvalue weighted by molar-refractivity contribution is -0.0440. The second-order valence-electron chi connectivity index (χ2n) is 7.02. The normalized spacial score (nSPS) is 20.7. The van der Waals surface area contributed by atoms with E-state index in [2.05, 4.69) is 5.32 Å². The second-order valence-corrected chi connectivity index (χ2v) is 8.96. The van der Waals surface area contributed by atoms with Crippen LogP contribution in [0.2, 0.25) is 0 Å². The highest BCUT2D eigenvalue weighted by atomic mass is 32.2. The minimum atomic E-state index is -3.67. The molecule has 0 saturated carbocycles. The Hall–Kier alpha value is -2.29. The number of nitrogens with zero attached hydrogens (tertiary/aromatic N) is 1. The summed E-state index contributed by atoms with van der Waals surface area (Å²) in [5.41, 5.74) is 1.10. The van der Waals surface area contributed by atoms with Gasteiger partial charge in [0.05, 0.1) is 17.1 Å². The zero-order valence-corrected chi connectivity index (χ0v) is 16.8. The number of benzene rings is 2. The van der Waals surface area contributed by atoms with Crippen molar-refractivity contribution in [2.75, 3.05) is 18.4 Å². The number of ether oxygens (including phenoxy) is 1. The van der Waals surface area contributed by atoms with Crippen LogP contribution in [0, 0.1) is 12.7 Å². The number of carbonyl (C=O) groups excluding carboxylic acids is 1. The van der Waals surface area contributed by atoms with Crippen molar-refractivity contribution in [3.63, 3.8) is 0 Å². The van der Waals surface area contributed by atoms with Gasteiger partial charge in [-0.2, -0.15) is 4.31 Å². The van der Waals surface area contributed by atoms with Gasteiger partial charge in [0, 0.05) is 24.3 Å². The molecule has 1 heterocycles. The fraction of sp³-hybridized carbons (Fsp3) is 0.350. The lowest BCUT2D eigenvalue weighted by Crippen LogP contribution is -2.48. The molecule has 8 heteroatoms. The van der Waals surface area contributed by atoms with Gasteiger partial charge in [0.1, 0.15) is 5.82 Å². The number of aryl methyl sites for hydroxylation is 1. The molecule has 2 aromatic carbocycles. The summed E-state index contributed by atoms with van der Waals surface area (Å²) < 4.78 is 46.3. The average Bonchev–Trinajstić information content (AvgIpc) is 2.64. The summed E-state index contributed by atoms with van der Waals surface area (Å²) in [6.07, 6.45) is -0.364. The Morgan fingerprint density at radius 3 is 2.29 bits per heavy atom. The molecule has 1 aliphatic heterocycles. The van der Waals surface area contributed by atoms with E-state index in [4.69, 9.17) is 4.74 Å². The van der Waals surface area contributed by atoms with Crippen molar-refractivity contribution >= 4 is 21.6 Å². The second kappa shape index (κ2) is 7.98. The van der Waals surface area contributed by atoms with Gasteiger partial charge >= 0.3 is 0 Å². The average molecular weight is 406 g/mol. The van der Waals surface area contributed by atoms with E-state index in [1.165, 1.54) is 34.6 Å². The predicted molar refractivity (Wildman–Crippen MR) is 104 cm³/mol. The van der Waals surface area contributed by atoms with E-state index in [1.54, 1.807) is 19.1 Å². The van der Waals surface area contributed by atoms with Gasteiger partial charge in [-0.15, -0.1) is 0 Å². The van der Waals surface area contributed by atoms with Crippen LogP contribution in [0.15, 0.2) is 47.4 Å². The Bertz CT molecular complexity index is 966. The first-order chi connectivity index (χ1) is 13.2.